The molecule has 26 heavy (non-hydrogen) atoms. The van der Waals surface area contributed by atoms with Crippen LogP contribution < -0.4 is 5.73 Å². The van der Waals surface area contributed by atoms with Gasteiger partial charge in [0.25, 0.3) is 5.91 Å². The van der Waals surface area contributed by atoms with Crippen molar-refractivity contribution in [3.63, 3.8) is 0 Å². The first kappa shape index (κ1) is 20.4. The summed E-state index contributed by atoms with van der Waals surface area (Å²) in [6.45, 7) is 2.61. The Kier molecular flexibility index (Phi) is 7.63. The zero-order valence-electron chi connectivity index (χ0n) is 14.5. The predicted octanol–water partition coefficient (Wildman–Crippen LogP) is 3.48. The zero-order chi connectivity index (χ0) is 17.6. The molecular weight excluding hydrogens is 359 g/mol. The molecule has 0 atom stereocenters. The number of benzene rings is 1. The van der Waals surface area contributed by atoms with Gasteiger partial charge in [0, 0.05) is 25.3 Å². The third kappa shape index (κ3) is 5.06. The van der Waals surface area contributed by atoms with E-state index in [0.717, 1.165) is 24.8 Å². The van der Waals surface area contributed by atoms with Crippen LogP contribution in [0.4, 0.5) is 4.39 Å². The molecule has 0 saturated carbocycles. The smallest absolute Gasteiger partial charge is 0.289 e. The van der Waals surface area contributed by atoms with Crippen molar-refractivity contribution in [1.29, 1.82) is 0 Å². The number of rotatable bonds is 6. The van der Waals surface area contributed by atoms with Gasteiger partial charge in [-0.1, -0.05) is 0 Å². The number of halogens is 2. The molecule has 1 amide bonds. The lowest BCUT2D eigenvalue weighted by Crippen LogP contribution is -2.40. The molecule has 1 aromatic heterocycles. The van der Waals surface area contributed by atoms with Crippen molar-refractivity contribution in [2.24, 2.45) is 5.73 Å². The summed E-state index contributed by atoms with van der Waals surface area (Å²) in [5, 5.41) is 0. The first-order valence-corrected chi connectivity index (χ1v) is 8.64. The fourth-order valence-electron chi connectivity index (χ4n) is 2.94. The summed E-state index contributed by atoms with van der Waals surface area (Å²) < 4.78 is 24.4. The molecule has 1 aliphatic rings. The van der Waals surface area contributed by atoms with Crippen molar-refractivity contribution < 1.29 is 18.3 Å². The minimum Gasteiger partial charge on any atom is -0.451 e. The van der Waals surface area contributed by atoms with E-state index in [4.69, 9.17) is 14.9 Å². The maximum absolute atomic E-state index is 13.0. The van der Waals surface area contributed by atoms with Gasteiger partial charge < -0.3 is 19.8 Å². The number of furan rings is 1. The highest BCUT2D eigenvalue weighted by atomic mass is 35.5. The summed E-state index contributed by atoms with van der Waals surface area (Å²) in [5.41, 5.74) is 6.20. The third-order valence-corrected chi connectivity index (χ3v) is 4.38. The number of carbonyl (C=O) groups excluding carboxylic acids is 1. The average Bonchev–Trinajstić information content (AvgIpc) is 3.13. The van der Waals surface area contributed by atoms with E-state index < -0.39 is 0 Å². The third-order valence-electron chi connectivity index (χ3n) is 4.38. The first-order valence-electron chi connectivity index (χ1n) is 8.64. The van der Waals surface area contributed by atoms with Crippen LogP contribution in [0.5, 0.6) is 0 Å². The highest BCUT2D eigenvalue weighted by molar-refractivity contribution is 5.92. The molecule has 2 N–H and O–H groups in total. The monoisotopic (exact) mass is 382 g/mol. The van der Waals surface area contributed by atoms with Crippen LogP contribution in [0.15, 0.2) is 40.8 Å². The lowest BCUT2D eigenvalue weighted by Gasteiger charge is -2.31. The van der Waals surface area contributed by atoms with Crippen LogP contribution in [0.2, 0.25) is 0 Å². The normalized spacial score (nSPS) is 14.9. The number of carbonyl (C=O) groups is 1. The van der Waals surface area contributed by atoms with Gasteiger partial charge in [-0.2, -0.15) is 0 Å². The SMILES string of the molecule is Cl.NCCCOC1CCN(C(=O)c2ccc(-c3ccc(F)cc3)o2)CC1. The number of likely N-dealkylation sites (tertiary alicyclic amines) is 1. The number of hydrogen-bond donors (Lipinski definition) is 1. The van der Waals surface area contributed by atoms with Gasteiger partial charge in [0.05, 0.1) is 6.10 Å². The molecule has 142 valence electrons. The van der Waals surface area contributed by atoms with Gasteiger partial charge in [-0.15, -0.1) is 12.4 Å². The van der Waals surface area contributed by atoms with Gasteiger partial charge in [-0.3, -0.25) is 4.79 Å². The van der Waals surface area contributed by atoms with E-state index >= 15 is 0 Å². The van der Waals surface area contributed by atoms with E-state index in [1.54, 1.807) is 29.2 Å². The van der Waals surface area contributed by atoms with Crippen LogP contribution in [0.3, 0.4) is 0 Å². The quantitative estimate of drug-likeness (QED) is 0.776. The molecule has 1 aliphatic heterocycles. The van der Waals surface area contributed by atoms with Gasteiger partial charge in [0.1, 0.15) is 11.6 Å². The number of nitrogens with zero attached hydrogens (tertiary/aromatic N) is 1. The topological polar surface area (TPSA) is 68.7 Å². The zero-order valence-corrected chi connectivity index (χ0v) is 15.3. The molecule has 0 spiro atoms. The van der Waals surface area contributed by atoms with Crippen LogP contribution in [-0.4, -0.2) is 43.2 Å². The molecule has 0 unspecified atom stereocenters. The Hall–Kier alpha value is -1.89. The van der Waals surface area contributed by atoms with E-state index in [-0.39, 0.29) is 30.2 Å². The van der Waals surface area contributed by atoms with E-state index in [0.29, 0.717) is 37.8 Å². The van der Waals surface area contributed by atoms with E-state index in [2.05, 4.69) is 0 Å². The Labute approximate surface area is 158 Å². The molecule has 0 aliphatic carbocycles. The summed E-state index contributed by atoms with van der Waals surface area (Å²) in [4.78, 5) is 14.4. The summed E-state index contributed by atoms with van der Waals surface area (Å²) in [7, 11) is 0. The molecule has 7 heteroatoms. The largest absolute Gasteiger partial charge is 0.451 e. The number of nitrogens with two attached hydrogens (primary N) is 1. The second kappa shape index (κ2) is 9.71. The number of ether oxygens (including phenoxy) is 1. The Bertz CT molecular complexity index is 697. The van der Waals surface area contributed by atoms with Crippen molar-refractivity contribution in [1.82, 2.24) is 4.90 Å². The number of piperidine rings is 1. The van der Waals surface area contributed by atoms with E-state index in [1.807, 2.05) is 0 Å². The fraction of sp³-hybridized carbons (Fsp3) is 0.421. The Morgan fingerprint density at radius 3 is 2.54 bits per heavy atom. The molecule has 1 saturated heterocycles. The van der Waals surface area contributed by atoms with Crippen molar-refractivity contribution in [2.75, 3.05) is 26.2 Å². The van der Waals surface area contributed by atoms with Crippen LogP contribution in [0, 0.1) is 5.82 Å². The highest BCUT2D eigenvalue weighted by Gasteiger charge is 2.25. The molecule has 0 radical (unpaired) electrons. The van der Waals surface area contributed by atoms with Gasteiger partial charge in [-0.25, -0.2) is 4.39 Å². The van der Waals surface area contributed by atoms with Crippen LogP contribution in [-0.2, 0) is 4.74 Å². The molecule has 2 heterocycles. The lowest BCUT2D eigenvalue weighted by molar-refractivity contribution is 0.00766. The molecule has 1 fully saturated rings. The fourth-order valence-corrected chi connectivity index (χ4v) is 2.94. The second-order valence-electron chi connectivity index (χ2n) is 6.18. The summed E-state index contributed by atoms with van der Waals surface area (Å²) in [5.74, 6) is 0.446. The van der Waals surface area contributed by atoms with Gasteiger partial charge in [0.15, 0.2) is 5.76 Å². The molecule has 5 nitrogen and oxygen atoms in total. The van der Waals surface area contributed by atoms with Crippen molar-refractivity contribution in [3.05, 3.63) is 48.0 Å². The van der Waals surface area contributed by atoms with E-state index in [1.165, 1.54) is 12.1 Å². The molecular formula is C19H24ClFN2O3. The van der Waals surface area contributed by atoms with Crippen molar-refractivity contribution in [3.8, 4) is 11.3 Å². The Morgan fingerprint density at radius 2 is 1.88 bits per heavy atom. The van der Waals surface area contributed by atoms with Gasteiger partial charge in [-0.05, 0) is 62.2 Å². The van der Waals surface area contributed by atoms with Crippen molar-refractivity contribution in [2.45, 2.75) is 25.4 Å². The van der Waals surface area contributed by atoms with Crippen LogP contribution in [0.1, 0.15) is 29.8 Å². The maximum Gasteiger partial charge on any atom is 0.289 e. The predicted molar refractivity (Wildman–Crippen MR) is 99.9 cm³/mol. The molecule has 3 rings (SSSR count). The standard InChI is InChI=1S/C19H23FN2O3.ClH/c20-15-4-2-14(3-5-15)17-6-7-18(25-17)19(23)22-11-8-16(9-12-22)24-13-1-10-21;/h2-7,16H,1,8-13,21H2;1H. The van der Waals surface area contributed by atoms with Gasteiger partial charge in [0.2, 0.25) is 0 Å². The minimum absolute atomic E-state index is 0. The molecule has 0 bridgehead atoms. The highest BCUT2D eigenvalue weighted by Crippen LogP contribution is 2.24. The number of amides is 1. The minimum atomic E-state index is -0.303. The molecule has 1 aromatic carbocycles. The van der Waals surface area contributed by atoms with Gasteiger partial charge >= 0.3 is 0 Å². The summed E-state index contributed by atoms with van der Waals surface area (Å²) in [6, 6.07) is 9.41. The Balaban J connectivity index is 0.00000243. The second-order valence-corrected chi connectivity index (χ2v) is 6.18. The average molecular weight is 383 g/mol. The van der Waals surface area contributed by atoms with Crippen LogP contribution >= 0.6 is 12.4 Å². The van der Waals surface area contributed by atoms with Crippen LogP contribution in [0.25, 0.3) is 11.3 Å². The first-order chi connectivity index (χ1) is 12.2. The van der Waals surface area contributed by atoms with E-state index in [9.17, 15) is 9.18 Å². The van der Waals surface area contributed by atoms with Crippen molar-refractivity contribution >= 4 is 18.3 Å². The summed E-state index contributed by atoms with van der Waals surface area (Å²) in [6.07, 6.45) is 2.70. The maximum atomic E-state index is 13.0. The lowest BCUT2D eigenvalue weighted by atomic mass is 10.1. The Morgan fingerprint density at radius 1 is 1.19 bits per heavy atom. The number of hydrogen-bond acceptors (Lipinski definition) is 4. The molecule has 2 aromatic rings. The summed E-state index contributed by atoms with van der Waals surface area (Å²) >= 11 is 0.